The molecule has 0 saturated carbocycles. The Morgan fingerprint density at radius 3 is 2.50 bits per heavy atom. The van der Waals surface area contributed by atoms with E-state index < -0.39 is 10.0 Å². The van der Waals surface area contributed by atoms with Crippen molar-refractivity contribution >= 4 is 10.0 Å². The van der Waals surface area contributed by atoms with Crippen LogP contribution < -0.4 is 0 Å². The third-order valence-electron chi connectivity index (χ3n) is 3.61. The third kappa shape index (κ3) is 2.31. The SMILES string of the molecule is CCc1ncc(S(=O)(=O)N2[C@H](C)CCC[C@@H]2C)[nH]1. The number of aryl methyl sites for hydroxylation is 1. The number of H-pyrrole nitrogens is 1. The fraction of sp³-hybridized carbons (Fsp3) is 0.750. The van der Waals surface area contributed by atoms with Gasteiger partial charge in [0.2, 0.25) is 0 Å². The van der Waals surface area contributed by atoms with E-state index in [0.717, 1.165) is 19.3 Å². The number of aromatic nitrogens is 2. The van der Waals surface area contributed by atoms with Crippen molar-refractivity contribution in [2.75, 3.05) is 0 Å². The number of aromatic amines is 1. The summed E-state index contributed by atoms with van der Waals surface area (Å²) in [6.45, 7) is 5.90. The molecule has 1 aliphatic rings. The third-order valence-corrected chi connectivity index (χ3v) is 5.65. The Hall–Kier alpha value is -0.880. The molecule has 0 unspecified atom stereocenters. The number of nitrogens with zero attached hydrogens (tertiary/aromatic N) is 2. The van der Waals surface area contributed by atoms with E-state index in [-0.39, 0.29) is 17.1 Å². The van der Waals surface area contributed by atoms with Crippen LogP contribution in [0, 0.1) is 0 Å². The van der Waals surface area contributed by atoms with E-state index in [2.05, 4.69) is 9.97 Å². The van der Waals surface area contributed by atoms with Gasteiger partial charge in [0.05, 0.1) is 6.20 Å². The molecule has 0 aromatic carbocycles. The van der Waals surface area contributed by atoms with E-state index in [9.17, 15) is 8.42 Å². The normalized spacial score (nSPS) is 26.4. The van der Waals surface area contributed by atoms with Crippen LogP contribution in [-0.4, -0.2) is 34.8 Å². The Morgan fingerprint density at radius 1 is 1.39 bits per heavy atom. The van der Waals surface area contributed by atoms with Gasteiger partial charge in [0, 0.05) is 18.5 Å². The second-order valence-electron chi connectivity index (χ2n) is 5.01. The van der Waals surface area contributed by atoms with Crippen molar-refractivity contribution < 1.29 is 8.42 Å². The first kappa shape index (κ1) is 13.5. The zero-order chi connectivity index (χ0) is 13.3. The molecule has 5 nitrogen and oxygen atoms in total. The Labute approximate surface area is 109 Å². The quantitative estimate of drug-likeness (QED) is 0.913. The molecule has 102 valence electrons. The standard InChI is InChI=1S/C12H21N3O2S/c1-4-11-13-8-12(14-11)18(16,17)15-9(2)6-5-7-10(15)3/h8-10H,4-7H2,1-3H3,(H,13,14)/t9-,10+. The summed E-state index contributed by atoms with van der Waals surface area (Å²) in [4.78, 5) is 6.99. The average Bonchev–Trinajstić information content (AvgIpc) is 2.77. The van der Waals surface area contributed by atoms with Crippen LogP contribution in [0.15, 0.2) is 11.2 Å². The maximum Gasteiger partial charge on any atom is 0.260 e. The van der Waals surface area contributed by atoms with Gasteiger partial charge in [-0.05, 0) is 26.7 Å². The van der Waals surface area contributed by atoms with Crippen LogP contribution in [-0.2, 0) is 16.4 Å². The molecule has 2 rings (SSSR count). The molecule has 0 aliphatic carbocycles. The van der Waals surface area contributed by atoms with Gasteiger partial charge in [-0.3, -0.25) is 0 Å². The van der Waals surface area contributed by atoms with Gasteiger partial charge in [-0.25, -0.2) is 13.4 Å². The molecule has 0 bridgehead atoms. The van der Waals surface area contributed by atoms with Crippen molar-refractivity contribution in [3.05, 3.63) is 12.0 Å². The van der Waals surface area contributed by atoms with Crippen LogP contribution >= 0.6 is 0 Å². The number of hydrogen-bond donors (Lipinski definition) is 1. The molecule has 1 N–H and O–H groups in total. The van der Waals surface area contributed by atoms with Crippen molar-refractivity contribution in [1.82, 2.24) is 14.3 Å². The number of imidazole rings is 1. The average molecular weight is 271 g/mol. The smallest absolute Gasteiger partial charge is 0.260 e. The molecule has 1 aromatic heterocycles. The van der Waals surface area contributed by atoms with Crippen molar-refractivity contribution in [2.45, 2.75) is 63.6 Å². The molecule has 0 radical (unpaired) electrons. The molecule has 1 fully saturated rings. The van der Waals surface area contributed by atoms with Gasteiger partial charge in [-0.2, -0.15) is 4.31 Å². The van der Waals surface area contributed by atoms with Crippen LogP contribution in [0.5, 0.6) is 0 Å². The zero-order valence-corrected chi connectivity index (χ0v) is 12.0. The first-order chi connectivity index (χ1) is 8.46. The molecule has 18 heavy (non-hydrogen) atoms. The molecule has 0 spiro atoms. The molecular formula is C12H21N3O2S. The minimum atomic E-state index is -3.43. The summed E-state index contributed by atoms with van der Waals surface area (Å²) >= 11 is 0. The molecule has 6 heteroatoms. The summed E-state index contributed by atoms with van der Waals surface area (Å²) in [5.74, 6) is 0.714. The lowest BCUT2D eigenvalue weighted by molar-refractivity contribution is 0.204. The lowest BCUT2D eigenvalue weighted by atomic mass is 10.0. The maximum atomic E-state index is 12.6. The van der Waals surface area contributed by atoms with E-state index in [1.54, 1.807) is 4.31 Å². The number of nitrogens with one attached hydrogen (secondary N) is 1. The van der Waals surface area contributed by atoms with Crippen LogP contribution in [0.25, 0.3) is 0 Å². The predicted molar refractivity (Wildman–Crippen MR) is 69.8 cm³/mol. The Balaban J connectivity index is 2.34. The minimum absolute atomic E-state index is 0.0622. The van der Waals surface area contributed by atoms with Crippen LogP contribution in [0.2, 0.25) is 0 Å². The summed E-state index contributed by atoms with van der Waals surface area (Å²) in [5.41, 5.74) is 0. The van der Waals surface area contributed by atoms with Gasteiger partial charge in [-0.15, -0.1) is 0 Å². The number of sulfonamides is 1. The molecule has 0 amide bonds. The van der Waals surface area contributed by atoms with E-state index in [1.165, 1.54) is 6.20 Å². The predicted octanol–water partition coefficient (Wildman–Crippen LogP) is 1.92. The Morgan fingerprint density at radius 2 is 2.00 bits per heavy atom. The zero-order valence-electron chi connectivity index (χ0n) is 11.2. The Kier molecular flexibility index (Phi) is 3.77. The molecular weight excluding hydrogens is 250 g/mol. The van der Waals surface area contributed by atoms with Crippen molar-refractivity contribution in [3.63, 3.8) is 0 Å². The number of hydrogen-bond acceptors (Lipinski definition) is 3. The summed E-state index contributed by atoms with van der Waals surface area (Å²) in [7, 11) is -3.43. The van der Waals surface area contributed by atoms with Crippen LogP contribution in [0.3, 0.4) is 0 Å². The Bertz CT molecular complexity index is 499. The lowest BCUT2D eigenvalue weighted by Crippen LogP contribution is -2.47. The van der Waals surface area contributed by atoms with Gasteiger partial charge < -0.3 is 4.98 Å². The van der Waals surface area contributed by atoms with E-state index in [1.807, 2.05) is 20.8 Å². The summed E-state index contributed by atoms with van der Waals surface area (Å²) < 4.78 is 26.8. The summed E-state index contributed by atoms with van der Waals surface area (Å²) in [6, 6.07) is 0.124. The first-order valence-electron chi connectivity index (χ1n) is 6.54. The maximum absolute atomic E-state index is 12.6. The summed E-state index contributed by atoms with van der Waals surface area (Å²) in [5, 5.41) is 0.222. The number of rotatable bonds is 3. The molecule has 1 saturated heterocycles. The molecule has 1 aliphatic heterocycles. The fourth-order valence-corrected chi connectivity index (χ4v) is 4.46. The van der Waals surface area contributed by atoms with Gasteiger partial charge in [0.1, 0.15) is 5.82 Å². The highest BCUT2D eigenvalue weighted by atomic mass is 32.2. The molecule has 2 atom stereocenters. The highest BCUT2D eigenvalue weighted by Crippen LogP contribution is 2.28. The van der Waals surface area contributed by atoms with Gasteiger partial charge >= 0.3 is 0 Å². The van der Waals surface area contributed by atoms with Crippen LogP contribution in [0.4, 0.5) is 0 Å². The van der Waals surface area contributed by atoms with Crippen LogP contribution in [0.1, 0.15) is 45.9 Å². The second kappa shape index (κ2) is 5.01. The topological polar surface area (TPSA) is 66.1 Å². The molecule has 2 heterocycles. The minimum Gasteiger partial charge on any atom is -0.332 e. The number of piperidine rings is 1. The van der Waals surface area contributed by atoms with E-state index in [0.29, 0.717) is 12.2 Å². The second-order valence-corrected chi connectivity index (χ2v) is 6.82. The molecule has 1 aromatic rings. The highest BCUT2D eigenvalue weighted by Gasteiger charge is 2.36. The lowest BCUT2D eigenvalue weighted by Gasteiger charge is -2.37. The van der Waals surface area contributed by atoms with Gasteiger partial charge in [0.25, 0.3) is 10.0 Å². The van der Waals surface area contributed by atoms with Gasteiger partial charge in [0.15, 0.2) is 5.03 Å². The van der Waals surface area contributed by atoms with E-state index >= 15 is 0 Å². The van der Waals surface area contributed by atoms with Crippen molar-refractivity contribution in [3.8, 4) is 0 Å². The van der Waals surface area contributed by atoms with Crippen molar-refractivity contribution in [1.29, 1.82) is 0 Å². The van der Waals surface area contributed by atoms with Crippen molar-refractivity contribution in [2.24, 2.45) is 0 Å². The fourth-order valence-electron chi connectivity index (χ4n) is 2.64. The monoisotopic (exact) mass is 271 g/mol. The van der Waals surface area contributed by atoms with E-state index in [4.69, 9.17) is 0 Å². The largest absolute Gasteiger partial charge is 0.332 e. The highest BCUT2D eigenvalue weighted by molar-refractivity contribution is 7.89. The first-order valence-corrected chi connectivity index (χ1v) is 7.98. The summed E-state index contributed by atoms with van der Waals surface area (Å²) in [6.07, 6.45) is 5.09. The van der Waals surface area contributed by atoms with Gasteiger partial charge in [-0.1, -0.05) is 13.3 Å².